The predicted molar refractivity (Wildman–Crippen MR) is 75.0 cm³/mol. The Morgan fingerprint density at radius 1 is 1.18 bits per heavy atom. The van der Waals surface area contributed by atoms with E-state index in [1.165, 1.54) is 0 Å². The quantitative estimate of drug-likeness (QED) is 0.700. The highest BCUT2D eigenvalue weighted by atomic mass is 79.9. The van der Waals surface area contributed by atoms with Gasteiger partial charge in [-0.15, -0.1) is 11.6 Å². The molecule has 0 fully saturated rings. The van der Waals surface area contributed by atoms with Crippen molar-refractivity contribution in [2.45, 2.75) is 12.8 Å². The molecular weight excluding hydrogens is 300 g/mol. The molecule has 0 amide bonds. The second-order valence-electron chi connectivity index (χ2n) is 3.79. The van der Waals surface area contributed by atoms with Crippen LogP contribution in [-0.4, -0.2) is 0 Å². The Balaban J connectivity index is 2.25. The number of alkyl halides is 1. The third-order valence-corrected chi connectivity index (χ3v) is 3.22. The fourth-order valence-corrected chi connectivity index (χ4v) is 2.19. The van der Waals surface area contributed by atoms with Crippen LogP contribution >= 0.6 is 27.5 Å². The van der Waals surface area contributed by atoms with Crippen LogP contribution in [0.4, 0.5) is 0 Å². The zero-order valence-electron chi connectivity index (χ0n) is 9.41. The van der Waals surface area contributed by atoms with Gasteiger partial charge in [-0.2, -0.15) is 0 Å². The summed E-state index contributed by atoms with van der Waals surface area (Å²) in [6, 6.07) is 13.8. The molecule has 0 heterocycles. The van der Waals surface area contributed by atoms with E-state index in [0.29, 0.717) is 5.88 Å². The average molecular weight is 312 g/mol. The van der Waals surface area contributed by atoms with Gasteiger partial charge in [0.25, 0.3) is 0 Å². The number of rotatable bonds is 3. The molecule has 0 aromatic heterocycles. The number of aryl methyl sites for hydroxylation is 1. The minimum Gasteiger partial charge on any atom is -0.457 e. The molecule has 0 unspecified atom stereocenters. The highest BCUT2D eigenvalue weighted by Crippen LogP contribution is 2.28. The van der Waals surface area contributed by atoms with E-state index in [2.05, 4.69) is 15.9 Å². The lowest BCUT2D eigenvalue weighted by Gasteiger charge is -2.09. The number of hydrogen-bond acceptors (Lipinski definition) is 1. The van der Waals surface area contributed by atoms with E-state index in [1.807, 2.05) is 49.4 Å². The molecule has 1 nitrogen and oxygen atoms in total. The minimum atomic E-state index is 0.497. The highest BCUT2D eigenvalue weighted by Gasteiger charge is 2.02. The Kier molecular flexibility index (Phi) is 4.08. The summed E-state index contributed by atoms with van der Waals surface area (Å²) in [4.78, 5) is 0. The zero-order valence-corrected chi connectivity index (χ0v) is 11.8. The van der Waals surface area contributed by atoms with Crippen molar-refractivity contribution in [3.63, 3.8) is 0 Å². The Bertz CT molecular complexity index is 525. The van der Waals surface area contributed by atoms with Crippen LogP contribution in [0.15, 0.2) is 46.9 Å². The molecule has 17 heavy (non-hydrogen) atoms. The lowest BCUT2D eigenvalue weighted by atomic mass is 10.2. The van der Waals surface area contributed by atoms with Crippen molar-refractivity contribution in [3.8, 4) is 11.5 Å². The molecule has 0 aliphatic rings. The lowest BCUT2D eigenvalue weighted by Crippen LogP contribution is -1.88. The standard InChI is InChI=1S/C14H12BrClO/c1-10-7-12(15)5-6-14(10)17-13-4-2-3-11(8-13)9-16/h2-8H,9H2,1H3. The van der Waals surface area contributed by atoms with Gasteiger partial charge < -0.3 is 4.74 Å². The van der Waals surface area contributed by atoms with E-state index in [9.17, 15) is 0 Å². The molecule has 0 atom stereocenters. The fourth-order valence-electron chi connectivity index (χ4n) is 1.55. The summed E-state index contributed by atoms with van der Waals surface area (Å²) in [5.41, 5.74) is 2.15. The molecule has 0 bridgehead atoms. The van der Waals surface area contributed by atoms with Gasteiger partial charge in [0.2, 0.25) is 0 Å². The van der Waals surface area contributed by atoms with Crippen molar-refractivity contribution in [2.75, 3.05) is 0 Å². The monoisotopic (exact) mass is 310 g/mol. The summed E-state index contributed by atoms with van der Waals surface area (Å²) in [5, 5.41) is 0. The molecule has 88 valence electrons. The molecule has 0 saturated heterocycles. The predicted octanol–water partition coefficient (Wildman–Crippen LogP) is 5.29. The molecular formula is C14H12BrClO. The van der Waals surface area contributed by atoms with Crippen molar-refractivity contribution >= 4 is 27.5 Å². The maximum atomic E-state index is 5.83. The van der Waals surface area contributed by atoms with Crippen LogP contribution in [0.3, 0.4) is 0 Å². The van der Waals surface area contributed by atoms with Gasteiger partial charge in [0.15, 0.2) is 0 Å². The third kappa shape index (κ3) is 3.24. The summed E-state index contributed by atoms with van der Waals surface area (Å²) in [7, 11) is 0. The van der Waals surface area contributed by atoms with Crippen molar-refractivity contribution < 1.29 is 4.74 Å². The van der Waals surface area contributed by atoms with E-state index in [1.54, 1.807) is 0 Å². The van der Waals surface area contributed by atoms with Crippen molar-refractivity contribution in [3.05, 3.63) is 58.1 Å². The first kappa shape index (κ1) is 12.5. The molecule has 0 spiro atoms. The Morgan fingerprint density at radius 2 is 2.00 bits per heavy atom. The summed E-state index contributed by atoms with van der Waals surface area (Å²) in [6.45, 7) is 2.02. The normalized spacial score (nSPS) is 10.3. The van der Waals surface area contributed by atoms with Gasteiger partial charge >= 0.3 is 0 Å². The van der Waals surface area contributed by atoms with Gasteiger partial charge in [0.05, 0.1) is 0 Å². The topological polar surface area (TPSA) is 9.23 Å². The molecule has 2 rings (SSSR count). The Morgan fingerprint density at radius 3 is 2.71 bits per heavy atom. The number of halogens is 2. The van der Waals surface area contributed by atoms with Crippen LogP contribution in [0.2, 0.25) is 0 Å². The summed E-state index contributed by atoms with van der Waals surface area (Å²) in [5.74, 6) is 2.17. The van der Waals surface area contributed by atoms with Gasteiger partial charge in [-0.1, -0.05) is 28.1 Å². The van der Waals surface area contributed by atoms with Gasteiger partial charge in [-0.3, -0.25) is 0 Å². The van der Waals surface area contributed by atoms with Crippen LogP contribution < -0.4 is 4.74 Å². The first-order valence-electron chi connectivity index (χ1n) is 5.28. The average Bonchev–Trinajstić information content (AvgIpc) is 2.33. The maximum absolute atomic E-state index is 5.83. The van der Waals surface area contributed by atoms with Gasteiger partial charge in [-0.25, -0.2) is 0 Å². The smallest absolute Gasteiger partial charge is 0.130 e. The van der Waals surface area contributed by atoms with Crippen LogP contribution in [0.25, 0.3) is 0 Å². The Labute approximate surface area is 115 Å². The first-order valence-corrected chi connectivity index (χ1v) is 6.60. The van der Waals surface area contributed by atoms with Crippen LogP contribution in [0.1, 0.15) is 11.1 Å². The summed E-state index contributed by atoms with van der Waals surface area (Å²) in [6.07, 6.45) is 0. The molecule has 0 radical (unpaired) electrons. The molecule has 0 N–H and O–H groups in total. The van der Waals surface area contributed by atoms with Crippen molar-refractivity contribution in [1.29, 1.82) is 0 Å². The summed E-state index contributed by atoms with van der Waals surface area (Å²) >= 11 is 9.22. The number of ether oxygens (including phenoxy) is 1. The third-order valence-electron chi connectivity index (χ3n) is 2.42. The highest BCUT2D eigenvalue weighted by molar-refractivity contribution is 9.10. The van der Waals surface area contributed by atoms with E-state index < -0.39 is 0 Å². The fraction of sp³-hybridized carbons (Fsp3) is 0.143. The Hall–Kier alpha value is -0.990. The minimum absolute atomic E-state index is 0.497. The lowest BCUT2D eigenvalue weighted by molar-refractivity contribution is 0.478. The molecule has 3 heteroatoms. The van der Waals surface area contributed by atoms with Gasteiger partial charge in [0, 0.05) is 10.4 Å². The number of benzene rings is 2. The van der Waals surface area contributed by atoms with Crippen LogP contribution in [0.5, 0.6) is 11.5 Å². The SMILES string of the molecule is Cc1cc(Br)ccc1Oc1cccc(CCl)c1. The molecule has 2 aromatic carbocycles. The van der Waals surface area contributed by atoms with Crippen molar-refractivity contribution in [1.82, 2.24) is 0 Å². The zero-order chi connectivity index (χ0) is 12.3. The molecule has 2 aromatic rings. The van der Waals surface area contributed by atoms with Crippen LogP contribution in [-0.2, 0) is 5.88 Å². The second-order valence-corrected chi connectivity index (χ2v) is 4.98. The van der Waals surface area contributed by atoms with Crippen molar-refractivity contribution in [2.24, 2.45) is 0 Å². The van der Waals surface area contributed by atoms with E-state index in [-0.39, 0.29) is 0 Å². The maximum Gasteiger partial charge on any atom is 0.130 e. The largest absolute Gasteiger partial charge is 0.457 e. The second kappa shape index (κ2) is 5.56. The van der Waals surface area contributed by atoms with E-state index >= 15 is 0 Å². The first-order chi connectivity index (χ1) is 8.19. The van der Waals surface area contributed by atoms with Gasteiger partial charge in [0.1, 0.15) is 11.5 Å². The van der Waals surface area contributed by atoms with E-state index in [4.69, 9.17) is 16.3 Å². The van der Waals surface area contributed by atoms with E-state index in [0.717, 1.165) is 27.1 Å². The van der Waals surface area contributed by atoms with Crippen LogP contribution in [0, 0.1) is 6.92 Å². The summed E-state index contributed by atoms with van der Waals surface area (Å²) < 4.78 is 6.88. The number of hydrogen-bond donors (Lipinski definition) is 0. The molecule has 0 aliphatic heterocycles. The molecule has 0 aliphatic carbocycles. The van der Waals surface area contributed by atoms with Gasteiger partial charge in [-0.05, 0) is 48.4 Å². The molecule has 0 saturated carbocycles.